The molecule has 80 valence electrons. The predicted octanol–water partition coefficient (Wildman–Crippen LogP) is 3.27. The van der Waals surface area contributed by atoms with Crippen LogP contribution in [0.1, 0.15) is 31.2 Å². The fourth-order valence-electron chi connectivity index (χ4n) is 2.31. The van der Waals surface area contributed by atoms with Crippen LogP contribution in [0.4, 0.5) is 0 Å². The van der Waals surface area contributed by atoms with Gasteiger partial charge in [0.05, 0.1) is 5.92 Å². The van der Waals surface area contributed by atoms with E-state index in [0.29, 0.717) is 0 Å². The van der Waals surface area contributed by atoms with Gasteiger partial charge in [-0.1, -0.05) is 11.6 Å². The third-order valence-electron chi connectivity index (χ3n) is 3.07. The van der Waals surface area contributed by atoms with Crippen molar-refractivity contribution in [3.05, 3.63) is 34.0 Å². The van der Waals surface area contributed by atoms with E-state index in [4.69, 9.17) is 0 Å². The molecule has 0 aromatic carbocycles. The molecule has 2 unspecified atom stereocenters. The van der Waals surface area contributed by atoms with Gasteiger partial charge in [-0.15, -0.1) is 0 Å². The molecule has 2 atom stereocenters. The van der Waals surface area contributed by atoms with Crippen LogP contribution < -0.4 is 0 Å². The predicted molar refractivity (Wildman–Crippen MR) is 61.2 cm³/mol. The Balaban J connectivity index is 2.32. The molecule has 0 amide bonds. The maximum atomic E-state index is 11.2. The van der Waals surface area contributed by atoms with Crippen molar-refractivity contribution >= 4 is 17.3 Å². The Kier molecular flexibility index (Phi) is 2.91. The van der Waals surface area contributed by atoms with Gasteiger partial charge >= 0.3 is 5.97 Å². The maximum Gasteiger partial charge on any atom is 0.311 e. The second-order valence-corrected chi connectivity index (χ2v) is 4.78. The van der Waals surface area contributed by atoms with Crippen LogP contribution in [0.3, 0.4) is 0 Å². The van der Waals surface area contributed by atoms with Gasteiger partial charge in [-0.2, -0.15) is 11.3 Å². The molecule has 1 aromatic heterocycles. The zero-order chi connectivity index (χ0) is 10.8. The average Bonchev–Trinajstić information content (AvgIpc) is 2.69. The number of thiophene rings is 1. The lowest BCUT2D eigenvalue weighted by atomic mass is 9.76. The molecule has 1 aromatic rings. The fraction of sp³-hybridized carbons (Fsp3) is 0.417. The van der Waals surface area contributed by atoms with Gasteiger partial charge < -0.3 is 5.11 Å². The highest BCUT2D eigenvalue weighted by molar-refractivity contribution is 7.08. The quantitative estimate of drug-likeness (QED) is 0.780. The number of aliphatic carboxylic acids is 1. The lowest BCUT2D eigenvalue weighted by Gasteiger charge is -2.27. The molecule has 0 aliphatic heterocycles. The average molecular weight is 222 g/mol. The first-order chi connectivity index (χ1) is 7.20. The van der Waals surface area contributed by atoms with E-state index in [-0.39, 0.29) is 11.8 Å². The van der Waals surface area contributed by atoms with Gasteiger partial charge in [-0.3, -0.25) is 4.79 Å². The Bertz CT molecular complexity index is 378. The first-order valence-electron chi connectivity index (χ1n) is 5.11. The van der Waals surface area contributed by atoms with Crippen molar-refractivity contribution in [3.63, 3.8) is 0 Å². The molecule has 1 aliphatic rings. The Morgan fingerprint density at radius 3 is 3.00 bits per heavy atom. The van der Waals surface area contributed by atoms with Crippen molar-refractivity contribution in [2.45, 2.75) is 25.7 Å². The fourth-order valence-corrected chi connectivity index (χ4v) is 3.04. The van der Waals surface area contributed by atoms with Crippen molar-refractivity contribution in [2.24, 2.45) is 5.92 Å². The number of allylic oxidation sites excluding steroid dienone is 1. The third-order valence-corrected chi connectivity index (χ3v) is 3.78. The van der Waals surface area contributed by atoms with Gasteiger partial charge in [0.25, 0.3) is 0 Å². The van der Waals surface area contributed by atoms with Crippen LogP contribution >= 0.6 is 11.3 Å². The highest BCUT2D eigenvalue weighted by atomic mass is 32.1. The summed E-state index contributed by atoms with van der Waals surface area (Å²) in [5, 5.41) is 13.3. The molecule has 0 fully saturated rings. The molecule has 2 rings (SSSR count). The van der Waals surface area contributed by atoms with Crippen molar-refractivity contribution < 1.29 is 9.90 Å². The largest absolute Gasteiger partial charge is 0.481 e. The molecule has 2 nitrogen and oxygen atoms in total. The van der Waals surface area contributed by atoms with Crippen LogP contribution in [0, 0.1) is 5.92 Å². The molecule has 0 spiro atoms. The van der Waals surface area contributed by atoms with Gasteiger partial charge in [0.15, 0.2) is 0 Å². The zero-order valence-electron chi connectivity index (χ0n) is 8.64. The molecular weight excluding hydrogens is 208 g/mol. The van der Waals surface area contributed by atoms with Gasteiger partial charge in [-0.05, 0) is 42.2 Å². The number of carboxylic acids is 1. The Morgan fingerprint density at radius 1 is 1.60 bits per heavy atom. The molecule has 1 N–H and O–H groups in total. The van der Waals surface area contributed by atoms with E-state index >= 15 is 0 Å². The molecule has 1 heterocycles. The lowest BCUT2D eigenvalue weighted by molar-refractivity contribution is -0.141. The maximum absolute atomic E-state index is 11.2. The van der Waals surface area contributed by atoms with E-state index in [1.807, 2.05) is 18.4 Å². The second-order valence-electron chi connectivity index (χ2n) is 4.00. The van der Waals surface area contributed by atoms with E-state index in [1.54, 1.807) is 11.3 Å². The first kappa shape index (κ1) is 10.4. The Hall–Kier alpha value is -1.09. The topological polar surface area (TPSA) is 37.3 Å². The SMILES string of the molecule is CC1=CCCC(c2ccsc2)C1C(=O)O. The highest BCUT2D eigenvalue weighted by Crippen LogP contribution is 2.38. The number of hydrogen-bond acceptors (Lipinski definition) is 2. The number of hydrogen-bond donors (Lipinski definition) is 1. The molecule has 1 aliphatic carbocycles. The van der Waals surface area contributed by atoms with Crippen LogP contribution in [0.15, 0.2) is 28.5 Å². The summed E-state index contributed by atoms with van der Waals surface area (Å²) in [5.74, 6) is -0.855. The first-order valence-corrected chi connectivity index (χ1v) is 6.06. The minimum atomic E-state index is -0.695. The minimum absolute atomic E-state index is 0.166. The van der Waals surface area contributed by atoms with Crippen LogP contribution in [0.5, 0.6) is 0 Å². The molecule has 0 saturated heterocycles. The van der Waals surface area contributed by atoms with Gasteiger partial charge in [-0.25, -0.2) is 0 Å². The summed E-state index contributed by atoms with van der Waals surface area (Å²) in [6.45, 7) is 1.93. The summed E-state index contributed by atoms with van der Waals surface area (Å²) < 4.78 is 0. The van der Waals surface area contributed by atoms with E-state index in [2.05, 4.69) is 11.5 Å². The molecule has 3 heteroatoms. The second kappa shape index (κ2) is 4.19. The summed E-state index contributed by atoms with van der Waals surface area (Å²) >= 11 is 1.64. The summed E-state index contributed by atoms with van der Waals surface area (Å²) in [4.78, 5) is 11.2. The standard InChI is InChI=1S/C12H14O2S/c1-8-3-2-4-10(11(8)12(13)14)9-5-6-15-7-9/h3,5-7,10-11H,2,4H2,1H3,(H,13,14). The lowest BCUT2D eigenvalue weighted by Crippen LogP contribution is -2.25. The number of carboxylic acid groups (broad SMARTS) is 1. The van der Waals surface area contributed by atoms with E-state index < -0.39 is 5.97 Å². The summed E-state index contributed by atoms with van der Waals surface area (Å²) in [5.41, 5.74) is 2.19. The summed E-state index contributed by atoms with van der Waals surface area (Å²) in [6, 6.07) is 2.05. The summed E-state index contributed by atoms with van der Waals surface area (Å²) in [7, 11) is 0. The molecular formula is C12H14O2S. The van der Waals surface area contributed by atoms with Crippen molar-refractivity contribution in [1.82, 2.24) is 0 Å². The van der Waals surface area contributed by atoms with Crippen LogP contribution in [0.2, 0.25) is 0 Å². The monoisotopic (exact) mass is 222 g/mol. The normalized spacial score (nSPS) is 26.1. The van der Waals surface area contributed by atoms with Crippen molar-refractivity contribution in [2.75, 3.05) is 0 Å². The van der Waals surface area contributed by atoms with Crippen LogP contribution in [-0.2, 0) is 4.79 Å². The van der Waals surface area contributed by atoms with E-state index in [1.165, 1.54) is 5.56 Å². The zero-order valence-corrected chi connectivity index (χ0v) is 9.46. The Labute approximate surface area is 93.3 Å². The van der Waals surface area contributed by atoms with Gasteiger partial charge in [0, 0.05) is 5.92 Å². The number of rotatable bonds is 2. The molecule has 0 radical (unpaired) electrons. The molecule has 0 saturated carbocycles. The molecule has 15 heavy (non-hydrogen) atoms. The van der Waals surface area contributed by atoms with Crippen LogP contribution in [0.25, 0.3) is 0 Å². The molecule has 0 bridgehead atoms. The minimum Gasteiger partial charge on any atom is -0.481 e. The van der Waals surface area contributed by atoms with Crippen LogP contribution in [-0.4, -0.2) is 11.1 Å². The van der Waals surface area contributed by atoms with Crippen molar-refractivity contribution in [3.8, 4) is 0 Å². The smallest absolute Gasteiger partial charge is 0.311 e. The Morgan fingerprint density at radius 2 is 2.40 bits per heavy atom. The summed E-state index contributed by atoms with van der Waals surface area (Å²) in [6.07, 6.45) is 4.00. The third kappa shape index (κ3) is 1.97. The van der Waals surface area contributed by atoms with Gasteiger partial charge in [0.2, 0.25) is 0 Å². The number of carbonyl (C=O) groups is 1. The van der Waals surface area contributed by atoms with Crippen molar-refractivity contribution in [1.29, 1.82) is 0 Å². The van der Waals surface area contributed by atoms with E-state index in [0.717, 1.165) is 18.4 Å². The van der Waals surface area contributed by atoms with Gasteiger partial charge in [0.1, 0.15) is 0 Å². The van der Waals surface area contributed by atoms with E-state index in [9.17, 15) is 9.90 Å². The highest BCUT2D eigenvalue weighted by Gasteiger charge is 2.32.